The second-order valence-electron chi connectivity index (χ2n) is 7.60. The number of hydrogen-bond acceptors (Lipinski definition) is 5. The summed E-state index contributed by atoms with van der Waals surface area (Å²) in [6.45, 7) is 3.10. The molecule has 1 aromatic rings. The second-order valence-corrected chi connectivity index (χ2v) is 7.60. The van der Waals surface area contributed by atoms with E-state index >= 15 is 0 Å². The number of imide groups is 1. The Bertz CT molecular complexity index is 760. The maximum absolute atomic E-state index is 12.8. The summed E-state index contributed by atoms with van der Waals surface area (Å²) in [4.78, 5) is 37.9. The van der Waals surface area contributed by atoms with Crippen LogP contribution in [0.3, 0.4) is 0 Å². The van der Waals surface area contributed by atoms with Gasteiger partial charge in [0.05, 0.1) is 0 Å². The van der Waals surface area contributed by atoms with E-state index in [1.165, 1.54) is 12.8 Å². The third-order valence-corrected chi connectivity index (χ3v) is 5.54. The molecule has 0 spiro atoms. The van der Waals surface area contributed by atoms with Crippen LogP contribution < -0.4 is 16.0 Å². The van der Waals surface area contributed by atoms with E-state index in [1.807, 2.05) is 18.2 Å². The third-order valence-electron chi connectivity index (χ3n) is 5.54. The summed E-state index contributed by atoms with van der Waals surface area (Å²) in [5.41, 5.74) is 2.77. The number of amides is 3. The van der Waals surface area contributed by atoms with Crippen LogP contribution in [0.15, 0.2) is 18.2 Å². The van der Waals surface area contributed by atoms with Gasteiger partial charge >= 0.3 is 0 Å². The molecule has 1 unspecified atom stereocenters. The summed E-state index contributed by atoms with van der Waals surface area (Å²) < 4.78 is 0. The van der Waals surface area contributed by atoms with Crippen molar-refractivity contribution in [3.63, 3.8) is 0 Å². The van der Waals surface area contributed by atoms with E-state index in [2.05, 4.69) is 16.0 Å². The van der Waals surface area contributed by atoms with Crippen LogP contribution in [0.5, 0.6) is 0 Å². The van der Waals surface area contributed by atoms with Gasteiger partial charge in [-0.15, -0.1) is 0 Å². The van der Waals surface area contributed by atoms with Gasteiger partial charge in [-0.3, -0.25) is 19.7 Å². The first-order valence-electron chi connectivity index (χ1n) is 9.83. The van der Waals surface area contributed by atoms with Crippen LogP contribution in [0.25, 0.3) is 0 Å². The minimum Gasteiger partial charge on any atom is -0.322 e. The lowest BCUT2D eigenvalue weighted by Gasteiger charge is -2.29. The summed E-state index contributed by atoms with van der Waals surface area (Å²) in [7, 11) is 0. The predicted molar refractivity (Wildman–Crippen MR) is 99.8 cm³/mol. The Kier molecular flexibility index (Phi) is 5.22. The quantitative estimate of drug-likeness (QED) is 0.462. The van der Waals surface area contributed by atoms with Crippen LogP contribution in [0.4, 0.5) is 0 Å². The van der Waals surface area contributed by atoms with Gasteiger partial charge in [0.25, 0.3) is 5.91 Å². The van der Waals surface area contributed by atoms with Crippen LogP contribution in [-0.2, 0) is 22.7 Å². The number of carbonyl (C=O) groups is 3. The van der Waals surface area contributed by atoms with E-state index in [-0.39, 0.29) is 24.1 Å². The van der Waals surface area contributed by atoms with Gasteiger partial charge in [0.1, 0.15) is 6.04 Å². The summed E-state index contributed by atoms with van der Waals surface area (Å²) in [6.07, 6.45) is 4.36. The van der Waals surface area contributed by atoms with Crippen molar-refractivity contribution in [3.8, 4) is 0 Å². The lowest BCUT2D eigenvalue weighted by molar-refractivity contribution is -0.136. The van der Waals surface area contributed by atoms with Crippen LogP contribution in [-0.4, -0.2) is 47.8 Å². The van der Waals surface area contributed by atoms with Crippen molar-refractivity contribution in [3.05, 3.63) is 34.9 Å². The fourth-order valence-corrected chi connectivity index (χ4v) is 3.85. The Balaban J connectivity index is 1.35. The highest BCUT2D eigenvalue weighted by molar-refractivity contribution is 6.05. The molecule has 0 radical (unpaired) electrons. The molecule has 144 valence electrons. The molecule has 1 aromatic carbocycles. The zero-order valence-electron chi connectivity index (χ0n) is 15.4. The molecule has 2 fully saturated rings. The topological polar surface area (TPSA) is 90.5 Å². The molecule has 4 rings (SSSR count). The third kappa shape index (κ3) is 4.04. The molecular formula is C20H26N4O3. The summed E-state index contributed by atoms with van der Waals surface area (Å²) >= 11 is 0. The predicted octanol–water partition coefficient (Wildman–Crippen LogP) is 0.679. The van der Waals surface area contributed by atoms with Crippen molar-refractivity contribution in [1.82, 2.24) is 20.9 Å². The molecule has 1 saturated carbocycles. The monoisotopic (exact) mass is 370 g/mol. The van der Waals surface area contributed by atoms with Crippen molar-refractivity contribution >= 4 is 17.7 Å². The van der Waals surface area contributed by atoms with E-state index in [4.69, 9.17) is 0 Å². The number of nitrogens with one attached hydrogen (secondary N) is 3. The van der Waals surface area contributed by atoms with Crippen LogP contribution in [0, 0.1) is 0 Å². The summed E-state index contributed by atoms with van der Waals surface area (Å²) in [5, 5.41) is 9.30. The summed E-state index contributed by atoms with van der Waals surface area (Å²) in [5.74, 6) is -0.744. The molecule has 2 aliphatic heterocycles. The zero-order valence-corrected chi connectivity index (χ0v) is 15.4. The molecule has 27 heavy (non-hydrogen) atoms. The molecule has 0 bridgehead atoms. The molecule has 1 saturated heterocycles. The Hall–Kier alpha value is -2.25. The van der Waals surface area contributed by atoms with E-state index < -0.39 is 6.04 Å². The average Bonchev–Trinajstić information content (AvgIpc) is 3.42. The van der Waals surface area contributed by atoms with E-state index in [0.29, 0.717) is 25.1 Å². The molecule has 3 N–H and O–H groups in total. The highest BCUT2D eigenvalue weighted by atomic mass is 16.2. The van der Waals surface area contributed by atoms with Crippen molar-refractivity contribution in [2.45, 2.75) is 57.3 Å². The van der Waals surface area contributed by atoms with Gasteiger partial charge in [-0.1, -0.05) is 12.1 Å². The van der Waals surface area contributed by atoms with Gasteiger partial charge < -0.3 is 15.5 Å². The highest BCUT2D eigenvalue weighted by Gasteiger charge is 2.39. The van der Waals surface area contributed by atoms with Gasteiger partial charge in [-0.25, -0.2) is 0 Å². The highest BCUT2D eigenvalue weighted by Crippen LogP contribution is 2.29. The molecule has 7 nitrogen and oxygen atoms in total. The first-order valence-corrected chi connectivity index (χ1v) is 9.83. The van der Waals surface area contributed by atoms with Crippen LogP contribution in [0.1, 0.15) is 53.6 Å². The molecule has 2 heterocycles. The van der Waals surface area contributed by atoms with E-state index in [1.54, 1.807) is 4.90 Å². The smallest absolute Gasteiger partial charge is 0.255 e. The first kappa shape index (κ1) is 18.1. The summed E-state index contributed by atoms with van der Waals surface area (Å²) in [6, 6.07) is 5.95. The Labute approximate surface area is 158 Å². The SMILES string of the molecule is O=C1CCC(N2Cc3c(CNCCCNC4CC4)cccc3C2=O)C(=O)N1. The minimum absolute atomic E-state index is 0.116. The number of nitrogens with zero attached hydrogens (tertiary/aromatic N) is 1. The molecule has 3 aliphatic rings. The maximum atomic E-state index is 12.8. The molecule has 7 heteroatoms. The lowest BCUT2D eigenvalue weighted by atomic mass is 10.0. The Morgan fingerprint density at radius 2 is 1.96 bits per heavy atom. The van der Waals surface area contributed by atoms with Crippen molar-refractivity contribution < 1.29 is 14.4 Å². The van der Waals surface area contributed by atoms with E-state index in [9.17, 15) is 14.4 Å². The fraction of sp³-hybridized carbons (Fsp3) is 0.550. The lowest BCUT2D eigenvalue weighted by Crippen LogP contribution is -2.52. The average molecular weight is 370 g/mol. The standard InChI is InChI=1S/C20H26N4O3/c25-18-8-7-17(19(26)23-18)24-12-16-13(3-1-4-15(16)20(24)27)11-21-9-2-10-22-14-5-6-14/h1,3-4,14,17,21-22H,2,5-12H2,(H,23,25,26). The van der Waals surface area contributed by atoms with Crippen LogP contribution >= 0.6 is 0 Å². The largest absolute Gasteiger partial charge is 0.322 e. The Morgan fingerprint density at radius 1 is 1.11 bits per heavy atom. The Morgan fingerprint density at radius 3 is 2.74 bits per heavy atom. The van der Waals surface area contributed by atoms with Gasteiger partial charge in [-0.2, -0.15) is 0 Å². The van der Waals surface area contributed by atoms with Crippen molar-refractivity contribution in [1.29, 1.82) is 0 Å². The second kappa shape index (κ2) is 7.78. The number of fused-ring (bicyclic) bond motifs is 1. The number of hydrogen-bond donors (Lipinski definition) is 3. The molecule has 1 aliphatic carbocycles. The van der Waals surface area contributed by atoms with Gasteiger partial charge in [-0.05, 0) is 56.0 Å². The number of piperidine rings is 1. The number of benzene rings is 1. The number of rotatable bonds is 8. The van der Waals surface area contributed by atoms with Gasteiger partial charge in [0.15, 0.2) is 0 Å². The molecule has 0 aromatic heterocycles. The number of carbonyl (C=O) groups excluding carboxylic acids is 3. The fourth-order valence-electron chi connectivity index (χ4n) is 3.85. The van der Waals surface area contributed by atoms with Gasteiger partial charge in [0.2, 0.25) is 11.8 Å². The molecular weight excluding hydrogens is 344 g/mol. The minimum atomic E-state index is -0.558. The van der Waals surface area contributed by atoms with Gasteiger partial charge in [0, 0.05) is 31.1 Å². The van der Waals surface area contributed by atoms with Crippen molar-refractivity contribution in [2.75, 3.05) is 13.1 Å². The van der Waals surface area contributed by atoms with Crippen LogP contribution in [0.2, 0.25) is 0 Å². The van der Waals surface area contributed by atoms with Crippen molar-refractivity contribution in [2.24, 2.45) is 0 Å². The first-order chi connectivity index (χ1) is 13.1. The zero-order chi connectivity index (χ0) is 18.8. The van der Waals surface area contributed by atoms with E-state index in [0.717, 1.165) is 36.7 Å². The molecule has 3 amide bonds. The molecule has 1 atom stereocenters. The maximum Gasteiger partial charge on any atom is 0.255 e. The normalized spacial score (nSPS) is 22.1.